The summed E-state index contributed by atoms with van der Waals surface area (Å²) >= 11 is 0. The maximum Gasteiger partial charge on any atom is 0.244 e. The Morgan fingerprint density at radius 1 is 1.47 bits per heavy atom. The van der Waals surface area contributed by atoms with Gasteiger partial charge in [-0.3, -0.25) is 0 Å². The predicted molar refractivity (Wildman–Crippen MR) is 61.8 cm³/mol. The molecule has 0 saturated carbocycles. The van der Waals surface area contributed by atoms with Gasteiger partial charge in [0.05, 0.1) is 6.04 Å². The lowest BCUT2D eigenvalue weighted by molar-refractivity contribution is 0.334. The first-order chi connectivity index (χ1) is 8.24. The third-order valence-corrected chi connectivity index (χ3v) is 2.58. The Morgan fingerprint density at radius 2 is 2.29 bits per heavy atom. The van der Waals surface area contributed by atoms with E-state index in [-0.39, 0.29) is 11.9 Å². The molecule has 1 N–H and O–H groups in total. The average Bonchev–Trinajstić information content (AvgIpc) is 2.80. The number of nitrogens with one attached hydrogen (secondary N) is 1. The Morgan fingerprint density at radius 3 is 2.94 bits per heavy atom. The Balaban J connectivity index is 2.29. The first-order valence-electron chi connectivity index (χ1n) is 5.51. The van der Waals surface area contributed by atoms with Gasteiger partial charge in [0.1, 0.15) is 5.82 Å². The second-order valence-corrected chi connectivity index (χ2v) is 3.72. The zero-order valence-corrected chi connectivity index (χ0v) is 9.77. The highest BCUT2D eigenvalue weighted by Crippen LogP contribution is 2.20. The molecule has 2 aromatic rings. The van der Waals surface area contributed by atoms with E-state index in [0.29, 0.717) is 17.3 Å². The maximum atomic E-state index is 13.1. The first-order valence-corrected chi connectivity index (χ1v) is 5.51. The molecule has 4 nitrogen and oxygen atoms in total. The van der Waals surface area contributed by atoms with Gasteiger partial charge in [0, 0.05) is 5.56 Å². The molecule has 0 aliphatic carbocycles. The van der Waals surface area contributed by atoms with E-state index in [4.69, 9.17) is 4.52 Å². The summed E-state index contributed by atoms with van der Waals surface area (Å²) < 4.78 is 18.2. The Kier molecular flexibility index (Phi) is 3.49. The fourth-order valence-corrected chi connectivity index (χ4v) is 1.62. The summed E-state index contributed by atoms with van der Waals surface area (Å²) in [6.07, 6.45) is 0.848. The highest BCUT2D eigenvalue weighted by molar-refractivity contribution is 5.53. The van der Waals surface area contributed by atoms with Gasteiger partial charge in [-0.15, -0.1) is 0 Å². The van der Waals surface area contributed by atoms with Crippen LogP contribution >= 0.6 is 0 Å². The van der Waals surface area contributed by atoms with Crippen LogP contribution in [0.25, 0.3) is 11.4 Å². The highest BCUT2D eigenvalue weighted by Gasteiger charge is 2.16. The highest BCUT2D eigenvalue weighted by atomic mass is 19.1. The molecule has 0 aliphatic rings. The Bertz CT molecular complexity index is 494. The largest absolute Gasteiger partial charge is 0.337 e. The fourth-order valence-electron chi connectivity index (χ4n) is 1.62. The summed E-state index contributed by atoms with van der Waals surface area (Å²) in [5.41, 5.74) is 0.617. The number of aromatic nitrogens is 2. The van der Waals surface area contributed by atoms with E-state index in [1.807, 2.05) is 14.0 Å². The van der Waals surface area contributed by atoms with Crippen molar-refractivity contribution in [3.63, 3.8) is 0 Å². The van der Waals surface area contributed by atoms with E-state index in [2.05, 4.69) is 15.5 Å². The van der Waals surface area contributed by atoms with Crippen molar-refractivity contribution in [1.29, 1.82) is 0 Å². The van der Waals surface area contributed by atoms with Crippen molar-refractivity contribution in [3.8, 4) is 11.4 Å². The zero-order valence-electron chi connectivity index (χ0n) is 9.77. The van der Waals surface area contributed by atoms with Crippen LogP contribution in [0.15, 0.2) is 28.8 Å². The second-order valence-electron chi connectivity index (χ2n) is 3.72. The van der Waals surface area contributed by atoms with Crippen molar-refractivity contribution in [2.45, 2.75) is 19.4 Å². The summed E-state index contributed by atoms with van der Waals surface area (Å²) in [4.78, 5) is 4.26. The molecule has 0 radical (unpaired) electrons. The molecule has 90 valence electrons. The van der Waals surface area contributed by atoms with Gasteiger partial charge < -0.3 is 9.84 Å². The minimum atomic E-state index is -0.311. The first kappa shape index (κ1) is 11.7. The van der Waals surface area contributed by atoms with Crippen molar-refractivity contribution in [1.82, 2.24) is 15.5 Å². The molecule has 17 heavy (non-hydrogen) atoms. The van der Waals surface area contributed by atoms with E-state index in [9.17, 15) is 4.39 Å². The number of hydrogen-bond acceptors (Lipinski definition) is 4. The topological polar surface area (TPSA) is 51.0 Å². The summed E-state index contributed by atoms with van der Waals surface area (Å²) in [6.45, 7) is 2.02. The summed E-state index contributed by atoms with van der Waals surface area (Å²) in [5.74, 6) is 0.622. The van der Waals surface area contributed by atoms with Crippen LogP contribution in [0.4, 0.5) is 4.39 Å². The minimum absolute atomic E-state index is 0.0322. The van der Waals surface area contributed by atoms with Gasteiger partial charge in [-0.2, -0.15) is 4.98 Å². The summed E-state index contributed by atoms with van der Waals surface area (Å²) in [6, 6.07) is 6.17. The lowest BCUT2D eigenvalue weighted by Crippen LogP contribution is -2.15. The molecule has 1 unspecified atom stereocenters. The van der Waals surface area contributed by atoms with Crippen molar-refractivity contribution >= 4 is 0 Å². The van der Waals surface area contributed by atoms with Crippen molar-refractivity contribution < 1.29 is 8.91 Å². The minimum Gasteiger partial charge on any atom is -0.337 e. The molecular weight excluding hydrogens is 221 g/mol. The van der Waals surface area contributed by atoms with Gasteiger partial charge >= 0.3 is 0 Å². The number of benzene rings is 1. The van der Waals surface area contributed by atoms with Gasteiger partial charge in [0.25, 0.3) is 0 Å². The lowest BCUT2D eigenvalue weighted by Gasteiger charge is -2.06. The monoisotopic (exact) mass is 235 g/mol. The van der Waals surface area contributed by atoms with Gasteiger partial charge in [-0.25, -0.2) is 4.39 Å². The van der Waals surface area contributed by atoms with Crippen LogP contribution in [0.1, 0.15) is 25.3 Å². The van der Waals surface area contributed by atoms with Gasteiger partial charge in [-0.05, 0) is 25.6 Å². The smallest absolute Gasteiger partial charge is 0.244 e. The van der Waals surface area contributed by atoms with Crippen LogP contribution in [0.2, 0.25) is 0 Å². The standard InChI is InChI=1S/C12H14FN3O/c1-3-10(14-2)12-15-11(16-17-12)8-5-4-6-9(13)7-8/h4-7,10,14H,3H2,1-2H3. The van der Waals surface area contributed by atoms with Crippen molar-refractivity contribution in [3.05, 3.63) is 36.0 Å². The number of rotatable bonds is 4. The molecule has 1 atom stereocenters. The summed E-state index contributed by atoms with van der Waals surface area (Å²) in [5, 5.41) is 6.93. The normalized spacial score (nSPS) is 12.6. The zero-order chi connectivity index (χ0) is 12.3. The molecular formula is C12H14FN3O. The molecule has 0 aliphatic heterocycles. The quantitative estimate of drug-likeness (QED) is 0.884. The van der Waals surface area contributed by atoms with Crippen LogP contribution < -0.4 is 5.32 Å². The maximum absolute atomic E-state index is 13.1. The van der Waals surface area contributed by atoms with Crippen LogP contribution in [-0.4, -0.2) is 17.2 Å². The van der Waals surface area contributed by atoms with Gasteiger partial charge in [-0.1, -0.05) is 24.2 Å². The van der Waals surface area contributed by atoms with Crippen LogP contribution in [0.3, 0.4) is 0 Å². The van der Waals surface area contributed by atoms with Crippen LogP contribution in [0, 0.1) is 5.82 Å². The molecule has 0 fully saturated rings. The van der Waals surface area contributed by atoms with Crippen LogP contribution in [0.5, 0.6) is 0 Å². The van der Waals surface area contributed by atoms with Crippen molar-refractivity contribution in [2.75, 3.05) is 7.05 Å². The number of halogens is 1. The molecule has 1 aromatic heterocycles. The molecule has 0 saturated heterocycles. The second kappa shape index (κ2) is 5.05. The van der Waals surface area contributed by atoms with E-state index in [1.165, 1.54) is 12.1 Å². The van der Waals surface area contributed by atoms with Gasteiger partial charge in [0.15, 0.2) is 0 Å². The predicted octanol–water partition coefficient (Wildman–Crippen LogP) is 2.55. The van der Waals surface area contributed by atoms with Crippen molar-refractivity contribution in [2.24, 2.45) is 0 Å². The lowest BCUT2D eigenvalue weighted by atomic mass is 10.2. The Hall–Kier alpha value is -1.75. The molecule has 0 bridgehead atoms. The van der Waals surface area contributed by atoms with Gasteiger partial charge in [0.2, 0.25) is 11.7 Å². The third kappa shape index (κ3) is 2.50. The third-order valence-electron chi connectivity index (χ3n) is 2.58. The molecule has 0 amide bonds. The summed E-state index contributed by atoms with van der Waals surface area (Å²) in [7, 11) is 1.83. The van der Waals surface area contributed by atoms with E-state index < -0.39 is 0 Å². The van der Waals surface area contributed by atoms with E-state index in [1.54, 1.807) is 12.1 Å². The van der Waals surface area contributed by atoms with E-state index in [0.717, 1.165) is 6.42 Å². The SMILES string of the molecule is CCC(NC)c1nc(-c2cccc(F)c2)no1. The van der Waals surface area contributed by atoms with Crippen LogP contribution in [-0.2, 0) is 0 Å². The number of hydrogen-bond donors (Lipinski definition) is 1. The molecule has 0 spiro atoms. The molecule has 2 rings (SSSR count). The number of nitrogens with zero attached hydrogens (tertiary/aromatic N) is 2. The molecule has 5 heteroatoms. The van der Waals surface area contributed by atoms with E-state index >= 15 is 0 Å². The Labute approximate surface area is 98.8 Å². The average molecular weight is 235 g/mol. The molecule has 1 aromatic carbocycles. The molecule has 1 heterocycles. The fraction of sp³-hybridized carbons (Fsp3) is 0.333.